The van der Waals surface area contributed by atoms with Gasteiger partial charge in [0.15, 0.2) is 0 Å². The lowest BCUT2D eigenvalue weighted by Crippen LogP contribution is -2.14. The van der Waals surface area contributed by atoms with Crippen molar-refractivity contribution in [1.29, 1.82) is 0 Å². The Morgan fingerprint density at radius 1 is 1.35 bits per heavy atom. The molecule has 0 bridgehead atoms. The van der Waals surface area contributed by atoms with E-state index in [-0.39, 0.29) is 5.56 Å². The minimum absolute atomic E-state index is 0.184. The van der Waals surface area contributed by atoms with Gasteiger partial charge in [-0.2, -0.15) is 9.50 Å². The van der Waals surface area contributed by atoms with Crippen molar-refractivity contribution in [1.82, 2.24) is 19.6 Å². The van der Waals surface area contributed by atoms with Crippen molar-refractivity contribution in [2.24, 2.45) is 0 Å². The predicted octanol–water partition coefficient (Wildman–Crippen LogP) is 1.99. The SMILES string of the molecule is Cc1cc(=O)n2[nH]c(NCc3cccc(Cl)c3)nc2n1. The maximum atomic E-state index is 11.7. The Kier molecular flexibility index (Phi) is 3.15. The molecule has 2 heterocycles. The molecule has 2 N–H and O–H groups in total. The number of hydrogen-bond donors (Lipinski definition) is 2. The maximum Gasteiger partial charge on any atom is 0.274 e. The number of nitrogens with zero attached hydrogens (tertiary/aromatic N) is 3. The highest BCUT2D eigenvalue weighted by Gasteiger charge is 2.06. The molecule has 0 atom stereocenters. The van der Waals surface area contributed by atoms with Crippen molar-refractivity contribution < 1.29 is 0 Å². The van der Waals surface area contributed by atoms with Gasteiger partial charge in [-0.05, 0) is 24.6 Å². The van der Waals surface area contributed by atoms with E-state index in [4.69, 9.17) is 11.6 Å². The number of benzene rings is 1. The molecule has 102 valence electrons. The lowest BCUT2D eigenvalue weighted by molar-refractivity contribution is 0.886. The Hall–Kier alpha value is -2.34. The van der Waals surface area contributed by atoms with Crippen LogP contribution in [0.4, 0.5) is 5.95 Å². The van der Waals surface area contributed by atoms with Crippen LogP contribution in [0, 0.1) is 6.92 Å². The lowest BCUT2D eigenvalue weighted by atomic mass is 10.2. The van der Waals surface area contributed by atoms with Crippen LogP contribution in [-0.2, 0) is 6.54 Å². The van der Waals surface area contributed by atoms with Crippen LogP contribution in [0.3, 0.4) is 0 Å². The maximum absolute atomic E-state index is 11.7. The first kappa shape index (κ1) is 12.7. The van der Waals surface area contributed by atoms with Gasteiger partial charge in [0.1, 0.15) is 0 Å². The summed E-state index contributed by atoms with van der Waals surface area (Å²) in [5, 5.41) is 6.64. The standard InChI is InChI=1S/C13H12ClN5O/c1-8-5-11(20)19-13(16-8)17-12(18-19)15-7-9-3-2-4-10(14)6-9/h2-6H,7H2,1H3,(H2,15,16,17,18). The monoisotopic (exact) mass is 289 g/mol. The zero-order valence-corrected chi connectivity index (χ0v) is 11.5. The third-order valence-electron chi connectivity index (χ3n) is 2.81. The second-order valence-corrected chi connectivity index (χ2v) is 4.86. The molecular weight excluding hydrogens is 278 g/mol. The van der Waals surface area contributed by atoms with Crippen LogP contribution in [0.5, 0.6) is 0 Å². The zero-order chi connectivity index (χ0) is 14.1. The van der Waals surface area contributed by atoms with Crippen LogP contribution < -0.4 is 10.9 Å². The smallest absolute Gasteiger partial charge is 0.274 e. The number of aryl methyl sites for hydroxylation is 1. The first-order chi connectivity index (χ1) is 9.61. The number of nitrogens with one attached hydrogen (secondary N) is 2. The van der Waals surface area contributed by atoms with E-state index in [0.29, 0.717) is 29.0 Å². The molecule has 0 fully saturated rings. The molecule has 0 unspecified atom stereocenters. The van der Waals surface area contributed by atoms with Crippen LogP contribution in [0.15, 0.2) is 35.1 Å². The molecule has 0 radical (unpaired) electrons. The van der Waals surface area contributed by atoms with E-state index in [1.165, 1.54) is 10.6 Å². The molecule has 1 aromatic carbocycles. The first-order valence-corrected chi connectivity index (χ1v) is 6.44. The van der Waals surface area contributed by atoms with Crippen molar-refractivity contribution in [2.45, 2.75) is 13.5 Å². The summed E-state index contributed by atoms with van der Waals surface area (Å²) in [4.78, 5) is 20.1. The fourth-order valence-electron chi connectivity index (χ4n) is 1.90. The Balaban J connectivity index is 1.85. The number of fused-ring (bicyclic) bond motifs is 1. The highest BCUT2D eigenvalue weighted by Crippen LogP contribution is 2.11. The predicted molar refractivity (Wildman–Crippen MR) is 77.1 cm³/mol. The summed E-state index contributed by atoms with van der Waals surface area (Å²) >= 11 is 5.92. The van der Waals surface area contributed by atoms with E-state index in [1.54, 1.807) is 6.92 Å². The molecule has 3 rings (SSSR count). The number of H-pyrrole nitrogens is 1. The van der Waals surface area contributed by atoms with E-state index >= 15 is 0 Å². The van der Waals surface area contributed by atoms with Crippen LogP contribution in [0.1, 0.15) is 11.3 Å². The van der Waals surface area contributed by atoms with Crippen LogP contribution in [0.25, 0.3) is 5.78 Å². The van der Waals surface area contributed by atoms with E-state index in [9.17, 15) is 4.79 Å². The van der Waals surface area contributed by atoms with E-state index in [0.717, 1.165) is 5.56 Å². The van der Waals surface area contributed by atoms with Crippen molar-refractivity contribution in [3.8, 4) is 0 Å². The molecule has 0 aliphatic rings. The van der Waals surface area contributed by atoms with Crippen molar-refractivity contribution in [2.75, 3.05) is 5.32 Å². The molecule has 6 nitrogen and oxygen atoms in total. The molecule has 0 saturated carbocycles. The summed E-state index contributed by atoms with van der Waals surface area (Å²) in [6.45, 7) is 2.31. The van der Waals surface area contributed by atoms with Gasteiger partial charge in [0, 0.05) is 23.3 Å². The second kappa shape index (κ2) is 4.97. The van der Waals surface area contributed by atoms with Gasteiger partial charge in [-0.25, -0.2) is 4.98 Å². The van der Waals surface area contributed by atoms with Crippen molar-refractivity contribution >= 4 is 23.3 Å². The van der Waals surface area contributed by atoms with Gasteiger partial charge in [0.2, 0.25) is 5.95 Å². The van der Waals surface area contributed by atoms with Crippen LogP contribution in [-0.4, -0.2) is 19.6 Å². The van der Waals surface area contributed by atoms with Crippen molar-refractivity contribution in [3.63, 3.8) is 0 Å². The summed E-state index contributed by atoms with van der Waals surface area (Å²) in [5.41, 5.74) is 1.48. The Bertz CT molecular complexity index is 823. The highest BCUT2D eigenvalue weighted by molar-refractivity contribution is 6.30. The fourth-order valence-corrected chi connectivity index (χ4v) is 2.12. The molecule has 0 spiro atoms. The van der Waals surface area contributed by atoms with E-state index < -0.39 is 0 Å². The van der Waals surface area contributed by atoms with Gasteiger partial charge in [-0.3, -0.25) is 9.89 Å². The van der Waals surface area contributed by atoms with Crippen LogP contribution >= 0.6 is 11.6 Å². The van der Waals surface area contributed by atoms with Gasteiger partial charge in [0.25, 0.3) is 11.3 Å². The molecular formula is C13H12ClN5O. The molecule has 0 amide bonds. The summed E-state index contributed by atoms with van der Waals surface area (Å²) in [5.74, 6) is 0.837. The third-order valence-corrected chi connectivity index (χ3v) is 3.04. The minimum atomic E-state index is -0.184. The van der Waals surface area contributed by atoms with Gasteiger partial charge >= 0.3 is 0 Å². The van der Waals surface area contributed by atoms with Crippen LogP contribution in [0.2, 0.25) is 5.02 Å². The van der Waals surface area contributed by atoms with Gasteiger partial charge in [0.05, 0.1) is 0 Å². The number of rotatable bonds is 3. The van der Waals surface area contributed by atoms with Gasteiger partial charge in [-0.1, -0.05) is 23.7 Å². The summed E-state index contributed by atoms with van der Waals surface area (Å²) < 4.78 is 1.30. The Morgan fingerprint density at radius 3 is 3.00 bits per heavy atom. The minimum Gasteiger partial charge on any atom is -0.351 e. The fraction of sp³-hybridized carbons (Fsp3) is 0.154. The number of hydrogen-bond acceptors (Lipinski definition) is 4. The molecule has 2 aromatic heterocycles. The number of halogens is 1. The van der Waals surface area contributed by atoms with Gasteiger partial charge < -0.3 is 5.32 Å². The summed E-state index contributed by atoms with van der Waals surface area (Å²) in [7, 11) is 0. The number of aromatic amines is 1. The first-order valence-electron chi connectivity index (χ1n) is 6.06. The second-order valence-electron chi connectivity index (χ2n) is 4.43. The molecule has 0 saturated heterocycles. The van der Waals surface area contributed by atoms with Crippen molar-refractivity contribution in [3.05, 3.63) is 57.0 Å². The average Bonchev–Trinajstić information content (AvgIpc) is 2.80. The third kappa shape index (κ3) is 2.50. The lowest BCUT2D eigenvalue weighted by Gasteiger charge is -2.02. The summed E-state index contributed by atoms with van der Waals surface area (Å²) in [6.07, 6.45) is 0. The normalized spacial score (nSPS) is 10.9. The molecule has 7 heteroatoms. The molecule has 20 heavy (non-hydrogen) atoms. The van der Waals surface area contributed by atoms with Gasteiger partial charge in [-0.15, -0.1) is 0 Å². The molecule has 0 aliphatic carbocycles. The topological polar surface area (TPSA) is 75.1 Å². The van der Waals surface area contributed by atoms with E-state index in [2.05, 4.69) is 20.4 Å². The Labute approximate surface area is 119 Å². The summed E-state index contributed by atoms with van der Waals surface area (Å²) in [6, 6.07) is 8.97. The average molecular weight is 290 g/mol. The molecule has 0 aliphatic heterocycles. The Morgan fingerprint density at radius 2 is 2.20 bits per heavy atom. The quantitative estimate of drug-likeness (QED) is 0.773. The number of aromatic nitrogens is 4. The highest BCUT2D eigenvalue weighted by atomic mass is 35.5. The number of anilines is 1. The zero-order valence-electron chi connectivity index (χ0n) is 10.7. The largest absolute Gasteiger partial charge is 0.351 e. The van der Waals surface area contributed by atoms with E-state index in [1.807, 2.05) is 24.3 Å². The molecule has 3 aromatic rings.